The molecule has 3 aromatic carbocycles. The van der Waals surface area contributed by atoms with Crippen molar-refractivity contribution in [2.24, 2.45) is 0 Å². The summed E-state index contributed by atoms with van der Waals surface area (Å²) in [6.45, 7) is 1.98. The highest BCUT2D eigenvalue weighted by Gasteiger charge is 2.02. The van der Waals surface area contributed by atoms with E-state index >= 15 is 0 Å². The van der Waals surface area contributed by atoms with Crippen LogP contribution in [-0.4, -0.2) is 5.11 Å². The SMILES string of the molecule is Cc1cc(O)c2ccc(Nc3ccccc3)cc2c1. The van der Waals surface area contributed by atoms with Crippen LogP contribution in [0.2, 0.25) is 0 Å². The molecule has 0 aromatic heterocycles. The number of aryl methyl sites for hydroxylation is 1. The summed E-state index contributed by atoms with van der Waals surface area (Å²) in [6, 6.07) is 19.9. The number of phenolic OH excluding ortho intramolecular Hbond substituents is 1. The van der Waals surface area contributed by atoms with Gasteiger partial charge in [-0.1, -0.05) is 24.3 Å². The third-order valence-corrected chi connectivity index (χ3v) is 3.14. The van der Waals surface area contributed by atoms with Gasteiger partial charge in [-0.2, -0.15) is 0 Å². The second-order valence-corrected chi connectivity index (χ2v) is 4.71. The van der Waals surface area contributed by atoms with Crippen molar-refractivity contribution in [1.82, 2.24) is 0 Å². The van der Waals surface area contributed by atoms with Crippen molar-refractivity contribution >= 4 is 22.1 Å². The molecule has 0 aliphatic rings. The standard InChI is InChI=1S/C17H15NO/c1-12-9-13-11-15(7-8-16(13)17(19)10-12)18-14-5-3-2-4-6-14/h2-11,18-19H,1H3. The third kappa shape index (κ3) is 2.38. The first kappa shape index (κ1) is 11.6. The van der Waals surface area contributed by atoms with Gasteiger partial charge >= 0.3 is 0 Å². The molecule has 0 bridgehead atoms. The van der Waals surface area contributed by atoms with Crippen LogP contribution < -0.4 is 5.32 Å². The molecular weight excluding hydrogens is 234 g/mol. The Bertz CT molecular complexity index is 720. The molecule has 3 aromatic rings. The molecule has 0 atom stereocenters. The molecule has 0 aliphatic carbocycles. The normalized spacial score (nSPS) is 10.6. The van der Waals surface area contributed by atoms with Gasteiger partial charge in [-0.3, -0.25) is 0 Å². The van der Waals surface area contributed by atoms with Crippen molar-refractivity contribution < 1.29 is 5.11 Å². The number of rotatable bonds is 2. The van der Waals surface area contributed by atoms with E-state index in [1.165, 1.54) is 0 Å². The van der Waals surface area contributed by atoms with Crippen molar-refractivity contribution in [3.05, 3.63) is 66.2 Å². The van der Waals surface area contributed by atoms with E-state index in [0.29, 0.717) is 5.75 Å². The number of phenols is 1. The number of hydrogen-bond acceptors (Lipinski definition) is 2. The Morgan fingerprint density at radius 3 is 2.42 bits per heavy atom. The summed E-state index contributed by atoms with van der Waals surface area (Å²) >= 11 is 0. The van der Waals surface area contributed by atoms with Crippen LogP contribution >= 0.6 is 0 Å². The Hall–Kier alpha value is -2.48. The molecule has 2 N–H and O–H groups in total. The molecule has 2 heteroatoms. The largest absolute Gasteiger partial charge is 0.507 e. The van der Waals surface area contributed by atoms with Gasteiger partial charge in [0.25, 0.3) is 0 Å². The highest BCUT2D eigenvalue weighted by atomic mass is 16.3. The lowest BCUT2D eigenvalue weighted by Gasteiger charge is -2.09. The maximum Gasteiger partial charge on any atom is 0.123 e. The molecule has 0 heterocycles. The summed E-state index contributed by atoms with van der Waals surface area (Å²) in [4.78, 5) is 0. The Labute approximate surface area is 112 Å². The Kier molecular flexibility index (Phi) is 2.84. The van der Waals surface area contributed by atoms with Crippen molar-refractivity contribution in [3.63, 3.8) is 0 Å². The average Bonchev–Trinajstić information content (AvgIpc) is 2.39. The van der Waals surface area contributed by atoms with Crippen LogP contribution in [0.4, 0.5) is 11.4 Å². The van der Waals surface area contributed by atoms with Gasteiger partial charge in [0, 0.05) is 16.8 Å². The zero-order chi connectivity index (χ0) is 13.2. The monoisotopic (exact) mass is 249 g/mol. The summed E-state index contributed by atoms with van der Waals surface area (Å²) in [5, 5.41) is 15.2. The molecule has 0 spiro atoms. The molecule has 2 nitrogen and oxygen atoms in total. The van der Waals surface area contributed by atoms with Crippen molar-refractivity contribution in [2.75, 3.05) is 5.32 Å². The fraction of sp³-hybridized carbons (Fsp3) is 0.0588. The van der Waals surface area contributed by atoms with Gasteiger partial charge < -0.3 is 10.4 Å². The average molecular weight is 249 g/mol. The summed E-state index contributed by atoms with van der Waals surface area (Å²) in [5.41, 5.74) is 3.13. The molecule has 94 valence electrons. The molecule has 0 radical (unpaired) electrons. The van der Waals surface area contributed by atoms with E-state index in [2.05, 4.69) is 17.4 Å². The first-order valence-corrected chi connectivity index (χ1v) is 6.28. The number of aromatic hydroxyl groups is 1. The first-order chi connectivity index (χ1) is 9.22. The highest BCUT2D eigenvalue weighted by molar-refractivity contribution is 5.91. The van der Waals surface area contributed by atoms with Crippen molar-refractivity contribution in [2.45, 2.75) is 6.92 Å². The molecule has 0 unspecified atom stereocenters. The van der Waals surface area contributed by atoms with E-state index in [1.54, 1.807) is 6.07 Å². The van der Waals surface area contributed by atoms with Gasteiger partial charge in [0.1, 0.15) is 5.75 Å². The smallest absolute Gasteiger partial charge is 0.123 e. The number of fused-ring (bicyclic) bond motifs is 1. The van der Waals surface area contributed by atoms with E-state index < -0.39 is 0 Å². The lowest BCUT2D eigenvalue weighted by Crippen LogP contribution is -1.89. The predicted molar refractivity (Wildman–Crippen MR) is 80.1 cm³/mol. The van der Waals surface area contributed by atoms with Crippen LogP contribution in [0.15, 0.2) is 60.7 Å². The maximum atomic E-state index is 9.91. The second-order valence-electron chi connectivity index (χ2n) is 4.71. The van der Waals surface area contributed by atoms with Crippen LogP contribution in [0.1, 0.15) is 5.56 Å². The zero-order valence-corrected chi connectivity index (χ0v) is 10.7. The molecule has 0 saturated heterocycles. The lowest BCUT2D eigenvalue weighted by atomic mass is 10.1. The molecule has 0 fully saturated rings. The summed E-state index contributed by atoms with van der Waals surface area (Å²) < 4.78 is 0. The lowest BCUT2D eigenvalue weighted by molar-refractivity contribution is 0.481. The van der Waals surface area contributed by atoms with E-state index in [1.807, 2.05) is 49.4 Å². The molecule has 19 heavy (non-hydrogen) atoms. The fourth-order valence-electron chi connectivity index (χ4n) is 2.26. The number of anilines is 2. The molecule has 0 saturated carbocycles. The minimum atomic E-state index is 0.335. The molecule has 0 amide bonds. The molecule has 0 aliphatic heterocycles. The number of para-hydroxylation sites is 1. The summed E-state index contributed by atoms with van der Waals surface area (Å²) in [5.74, 6) is 0.335. The quantitative estimate of drug-likeness (QED) is 0.695. The van der Waals surface area contributed by atoms with E-state index in [-0.39, 0.29) is 0 Å². The third-order valence-electron chi connectivity index (χ3n) is 3.14. The van der Waals surface area contributed by atoms with Crippen LogP contribution in [0, 0.1) is 6.92 Å². The minimum absolute atomic E-state index is 0.335. The van der Waals surface area contributed by atoms with Gasteiger partial charge in [-0.15, -0.1) is 0 Å². The first-order valence-electron chi connectivity index (χ1n) is 6.28. The number of nitrogens with one attached hydrogen (secondary N) is 1. The van der Waals surface area contributed by atoms with Crippen LogP contribution in [-0.2, 0) is 0 Å². The number of benzene rings is 3. The van der Waals surface area contributed by atoms with E-state index in [9.17, 15) is 5.11 Å². The summed E-state index contributed by atoms with van der Waals surface area (Å²) in [6.07, 6.45) is 0. The zero-order valence-electron chi connectivity index (χ0n) is 10.7. The van der Waals surface area contributed by atoms with Crippen LogP contribution in [0.25, 0.3) is 10.8 Å². The minimum Gasteiger partial charge on any atom is -0.507 e. The van der Waals surface area contributed by atoms with Crippen LogP contribution in [0.5, 0.6) is 5.75 Å². The topological polar surface area (TPSA) is 32.3 Å². The summed E-state index contributed by atoms with van der Waals surface area (Å²) in [7, 11) is 0. The van der Waals surface area contributed by atoms with Crippen molar-refractivity contribution in [3.8, 4) is 5.75 Å². The Balaban J connectivity index is 2.02. The Morgan fingerprint density at radius 2 is 1.63 bits per heavy atom. The maximum absolute atomic E-state index is 9.91. The Morgan fingerprint density at radius 1 is 0.842 bits per heavy atom. The second kappa shape index (κ2) is 4.65. The van der Waals surface area contributed by atoms with Gasteiger partial charge in [0.05, 0.1) is 0 Å². The van der Waals surface area contributed by atoms with E-state index in [0.717, 1.165) is 27.7 Å². The fourth-order valence-corrected chi connectivity index (χ4v) is 2.26. The van der Waals surface area contributed by atoms with E-state index in [4.69, 9.17) is 0 Å². The number of hydrogen-bond donors (Lipinski definition) is 2. The van der Waals surface area contributed by atoms with Crippen LogP contribution in [0.3, 0.4) is 0 Å². The van der Waals surface area contributed by atoms with Gasteiger partial charge in [0.2, 0.25) is 0 Å². The van der Waals surface area contributed by atoms with Gasteiger partial charge in [-0.25, -0.2) is 0 Å². The highest BCUT2D eigenvalue weighted by Crippen LogP contribution is 2.29. The van der Waals surface area contributed by atoms with Crippen molar-refractivity contribution in [1.29, 1.82) is 0 Å². The van der Waals surface area contributed by atoms with Gasteiger partial charge in [-0.05, 0) is 54.3 Å². The van der Waals surface area contributed by atoms with Gasteiger partial charge in [0.15, 0.2) is 0 Å². The molecular formula is C17H15NO. The predicted octanol–water partition coefficient (Wildman–Crippen LogP) is 4.60. The molecule has 3 rings (SSSR count).